The number of nitrogens with zero attached hydrogens (tertiary/aromatic N) is 5. The number of anilines is 1. The molecule has 142 valence electrons. The number of halogens is 1. The molecule has 4 aromatic rings. The molecule has 0 radical (unpaired) electrons. The number of carbonyl (C=O) groups is 1. The molecule has 0 spiro atoms. The highest BCUT2D eigenvalue weighted by molar-refractivity contribution is 7.22. The van der Waals surface area contributed by atoms with Crippen LogP contribution >= 0.6 is 11.3 Å². The molecule has 0 bridgehead atoms. The van der Waals surface area contributed by atoms with Crippen LogP contribution in [0, 0.1) is 12.7 Å². The minimum absolute atomic E-state index is 0.251. The quantitative estimate of drug-likeness (QED) is 0.508. The number of hydrogen-bond acceptors (Lipinski definition) is 5. The van der Waals surface area contributed by atoms with Crippen molar-refractivity contribution in [2.45, 2.75) is 26.9 Å². The van der Waals surface area contributed by atoms with Crippen LogP contribution < -0.4 is 4.90 Å². The van der Waals surface area contributed by atoms with E-state index < -0.39 is 0 Å². The maximum Gasteiger partial charge on any atom is 0.280 e. The lowest BCUT2D eigenvalue weighted by atomic mass is 10.2. The molecular weight excluding hydrogens is 377 g/mol. The molecule has 0 aliphatic heterocycles. The van der Waals surface area contributed by atoms with Gasteiger partial charge in [0.05, 0.1) is 16.8 Å². The van der Waals surface area contributed by atoms with Crippen LogP contribution in [0.15, 0.2) is 48.8 Å². The molecule has 6 nitrogen and oxygen atoms in total. The normalized spacial score (nSPS) is 11.1. The molecule has 0 saturated carbocycles. The molecule has 8 heteroatoms. The van der Waals surface area contributed by atoms with Crippen LogP contribution in [-0.2, 0) is 13.1 Å². The van der Waals surface area contributed by atoms with E-state index in [4.69, 9.17) is 0 Å². The van der Waals surface area contributed by atoms with E-state index in [0.29, 0.717) is 34.1 Å². The van der Waals surface area contributed by atoms with Gasteiger partial charge in [-0.1, -0.05) is 17.4 Å². The summed E-state index contributed by atoms with van der Waals surface area (Å²) >= 11 is 1.28. The lowest BCUT2D eigenvalue weighted by Gasteiger charge is -2.18. The first-order chi connectivity index (χ1) is 13.5. The van der Waals surface area contributed by atoms with Crippen LogP contribution in [0.1, 0.15) is 28.7 Å². The molecule has 0 atom stereocenters. The third-order valence-electron chi connectivity index (χ3n) is 4.38. The van der Waals surface area contributed by atoms with E-state index >= 15 is 0 Å². The van der Waals surface area contributed by atoms with E-state index in [1.807, 2.05) is 26.0 Å². The van der Waals surface area contributed by atoms with Crippen molar-refractivity contribution in [3.63, 3.8) is 0 Å². The molecule has 1 aromatic carbocycles. The Bertz CT molecular complexity index is 1140. The van der Waals surface area contributed by atoms with Gasteiger partial charge < -0.3 is 0 Å². The number of amides is 1. The van der Waals surface area contributed by atoms with Crippen molar-refractivity contribution >= 4 is 32.6 Å². The van der Waals surface area contributed by atoms with Gasteiger partial charge in [-0.15, -0.1) is 0 Å². The zero-order valence-electron chi connectivity index (χ0n) is 15.5. The molecule has 28 heavy (non-hydrogen) atoms. The van der Waals surface area contributed by atoms with E-state index in [1.165, 1.54) is 23.5 Å². The van der Waals surface area contributed by atoms with Crippen LogP contribution in [0.25, 0.3) is 10.2 Å². The van der Waals surface area contributed by atoms with Crippen molar-refractivity contribution in [2.24, 2.45) is 0 Å². The van der Waals surface area contributed by atoms with Gasteiger partial charge in [0.25, 0.3) is 5.91 Å². The summed E-state index contributed by atoms with van der Waals surface area (Å²) in [5, 5.41) is 4.91. The Labute approximate surface area is 165 Å². The topological polar surface area (TPSA) is 63.9 Å². The first kappa shape index (κ1) is 18.2. The average Bonchev–Trinajstić information content (AvgIpc) is 3.29. The van der Waals surface area contributed by atoms with Gasteiger partial charge in [0, 0.05) is 24.6 Å². The second kappa shape index (κ2) is 7.47. The summed E-state index contributed by atoms with van der Waals surface area (Å²) < 4.78 is 16.1. The Morgan fingerprint density at radius 1 is 1.29 bits per heavy atom. The zero-order valence-corrected chi connectivity index (χ0v) is 16.3. The third-order valence-corrected chi connectivity index (χ3v) is 5.42. The van der Waals surface area contributed by atoms with E-state index in [2.05, 4.69) is 15.1 Å². The number of aromatic nitrogens is 4. The second-order valence-corrected chi connectivity index (χ2v) is 7.36. The highest BCUT2D eigenvalue weighted by atomic mass is 32.1. The molecule has 1 amide bonds. The van der Waals surface area contributed by atoms with Crippen molar-refractivity contribution in [2.75, 3.05) is 4.90 Å². The maximum absolute atomic E-state index is 13.6. The Balaban J connectivity index is 1.76. The molecule has 4 rings (SSSR count). The van der Waals surface area contributed by atoms with Crippen LogP contribution in [0.4, 0.5) is 9.52 Å². The monoisotopic (exact) mass is 395 g/mol. The smallest absolute Gasteiger partial charge is 0.278 e. The fourth-order valence-corrected chi connectivity index (χ4v) is 3.96. The van der Waals surface area contributed by atoms with Gasteiger partial charge in [-0.3, -0.25) is 19.4 Å². The summed E-state index contributed by atoms with van der Waals surface area (Å²) in [4.78, 5) is 23.5. The van der Waals surface area contributed by atoms with Crippen molar-refractivity contribution in [3.8, 4) is 0 Å². The first-order valence-electron chi connectivity index (χ1n) is 8.86. The van der Waals surface area contributed by atoms with Crippen molar-refractivity contribution in [3.05, 3.63) is 71.6 Å². The summed E-state index contributed by atoms with van der Waals surface area (Å²) in [6.07, 6.45) is 3.39. The van der Waals surface area contributed by atoms with Crippen LogP contribution in [-0.4, -0.2) is 25.7 Å². The van der Waals surface area contributed by atoms with Crippen LogP contribution in [0.2, 0.25) is 0 Å². The SMILES string of the molecule is CCn1nc(C(=O)N(Cc2cccnc2)c2nc3ccc(F)cc3s2)cc1C. The summed E-state index contributed by atoms with van der Waals surface area (Å²) in [6, 6.07) is 9.91. The number of fused-ring (bicyclic) bond motifs is 1. The molecule has 0 fully saturated rings. The number of aryl methyl sites for hydroxylation is 2. The number of hydrogen-bond donors (Lipinski definition) is 0. The molecule has 0 unspecified atom stereocenters. The molecule has 0 aliphatic carbocycles. The fourth-order valence-electron chi connectivity index (χ4n) is 2.98. The van der Waals surface area contributed by atoms with Crippen molar-refractivity contribution in [1.82, 2.24) is 19.7 Å². The molecule has 0 aliphatic rings. The molecular formula is C20H18FN5OS. The van der Waals surface area contributed by atoms with Gasteiger partial charge in [-0.05, 0) is 49.7 Å². The van der Waals surface area contributed by atoms with Gasteiger partial charge in [-0.2, -0.15) is 5.10 Å². The summed E-state index contributed by atoms with van der Waals surface area (Å²) in [6.45, 7) is 4.87. The molecule has 3 aromatic heterocycles. The summed E-state index contributed by atoms with van der Waals surface area (Å²) in [5.74, 6) is -0.580. The minimum atomic E-state index is -0.329. The van der Waals surface area contributed by atoms with Crippen molar-refractivity contribution < 1.29 is 9.18 Å². The van der Waals surface area contributed by atoms with E-state index in [9.17, 15) is 9.18 Å². The summed E-state index contributed by atoms with van der Waals surface area (Å²) in [5.41, 5.74) is 2.79. The van der Waals surface area contributed by atoms with Gasteiger partial charge >= 0.3 is 0 Å². The third kappa shape index (κ3) is 3.50. The second-order valence-electron chi connectivity index (χ2n) is 6.35. The van der Waals surface area contributed by atoms with Crippen molar-refractivity contribution in [1.29, 1.82) is 0 Å². The largest absolute Gasteiger partial charge is 0.280 e. The number of benzene rings is 1. The lowest BCUT2D eigenvalue weighted by Crippen LogP contribution is -2.30. The van der Waals surface area contributed by atoms with Gasteiger partial charge in [-0.25, -0.2) is 9.37 Å². The fraction of sp³-hybridized carbons (Fsp3) is 0.200. The Kier molecular flexibility index (Phi) is 4.87. The number of rotatable bonds is 5. The van der Waals surface area contributed by atoms with E-state index in [1.54, 1.807) is 34.1 Å². The lowest BCUT2D eigenvalue weighted by molar-refractivity contribution is 0.0979. The predicted octanol–water partition coefficient (Wildman–Crippen LogP) is 4.20. The Morgan fingerprint density at radius 3 is 2.86 bits per heavy atom. The van der Waals surface area contributed by atoms with Crippen LogP contribution in [0.5, 0.6) is 0 Å². The maximum atomic E-state index is 13.6. The molecule has 0 N–H and O–H groups in total. The number of thiazole rings is 1. The Hall–Kier alpha value is -3.13. The van der Waals surface area contributed by atoms with Gasteiger partial charge in [0.15, 0.2) is 10.8 Å². The predicted molar refractivity (Wildman–Crippen MR) is 107 cm³/mol. The summed E-state index contributed by atoms with van der Waals surface area (Å²) in [7, 11) is 0. The van der Waals surface area contributed by atoms with Gasteiger partial charge in [0.2, 0.25) is 0 Å². The minimum Gasteiger partial charge on any atom is -0.278 e. The number of carbonyl (C=O) groups excluding carboxylic acids is 1. The van der Waals surface area contributed by atoms with Gasteiger partial charge in [0.1, 0.15) is 5.82 Å². The standard InChI is InChI=1S/C20H18FN5OS/c1-3-26-13(2)9-17(24-26)19(27)25(12-14-5-4-8-22-11-14)20-23-16-7-6-15(21)10-18(16)28-20/h4-11H,3,12H2,1-2H3. The average molecular weight is 395 g/mol. The number of pyridine rings is 1. The zero-order chi connectivity index (χ0) is 19.7. The molecule has 0 saturated heterocycles. The highest BCUT2D eigenvalue weighted by Gasteiger charge is 2.24. The Morgan fingerprint density at radius 2 is 2.14 bits per heavy atom. The van der Waals surface area contributed by atoms with Crippen LogP contribution in [0.3, 0.4) is 0 Å². The molecule has 3 heterocycles. The van der Waals surface area contributed by atoms with E-state index in [0.717, 1.165) is 11.3 Å². The van der Waals surface area contributed by atoms with E-state index in [-0.39, 0.29) is 11.7 Å². The highest BCUT2D eigenvalue weighted by Crippen LogP contribution is 2.31. The first-order valence-corrected chi connectivity index (χ1v) is 9.68.